The zero-order valence-corrected chi connectivity index (χ0v) is 23.8. The van der Waals surface area contributed by atoms with Gasteiger partial charge in [-0.2, -0.15) is 5.10 Å². The summed E-state index contributed by atoms with van der Waals surface area (Å²) in [6, 6.07) is 4.62. The number of methoxy groups -OCH3 is 1. The van der Waals surface area contributed by atoms with Crippen molar-refractivity contribution in [1.29, 1.82) is 0 Å². The van der Waals surface area contributed by atoms with E-state index in [2.05, 4.69) is 20.7 Å². The predicted octanol–water partition coefficient (Wildman–Crippen LogP) is 1.88. The summed E-state index contributed by atoms with van der Waals surface area (Å²) in [4.78, 5) is 45.9. The van der Waals surface area contributed by atoms with Crippen molar-refractivity contribution in [2.75, 3.05) is 46.6 Å². The Morgan fingerprint density at radius 3 is 2.65 bits per heavy atom. The molecule has 2 aliphatic heterocycles. The minimum Gasteiger partial charge on any atom is -0.493 e. The van der Waals surface area contributed by atoms with E-state index >= 15 is 0 Å². The maximum atomic E-state index is 13.4. The molecule has 2 bridgehead atoms. The number of nitrogens with zero attached hydrogens (tertiary/aromatic N) is 4. The van der Waals surface area contributed by atoms with Crippen LogP contribution in [0.1, 0.15) is 61.2 Å². The third kappa shape index (κ3) is 7.29. The topological polar surface area (TPSA) is 137 Å². The number of amides is 3. The third-order valence-electron chi connectivity index (χ3n) is 7.16. The molecule has 0 spiro atoms. The van der Waals surface area contributed by atoms with E-state index in [1.807, 2.05) is 13.8 Å². The van der Waals surface area contributed by atoms with Gasteiger partial charge in [-0.3, -0.25) is 14.4 Å². The lowest BCUT2D eigenvalue weighted by Gasteiger charge is -2.30. The fourth-order valence-corrected chi connectivity index (χ4v) is 5.00. The predicted molar refractivity (Wildman–Crippen MR) is 146 cm³/mol. The standard InChI is InChI=1S/C28H40N6O6/c1-18(2)25-26-30-19(3)32-34(26)12-15-40-23-16-21(6-7-22(23)38-4)27(36)29-10-5-11-33(17-24(35)31-25)28(37)20-8-13-39-14-9-20/h6-7,16,18,20,25H,5,8-15,17H2,1-4H3,(H,29,36)(H,31,35)/t25-/m0/s1. The van der Waals surface area contributed by atoms with Crippen molar-refractivity contribution in [3.05, 3.63) is 35.4 Å². The number of hydrogen-bond acceptors (Lipinski definition) is 8. The smallest absolute Gasteiger partial charge is 0.251 e. The van der Waals surface area contributed by atoms with Crippen molar-refractivity contribution < 1.29 is 28.6 Å². The van der Waals surface area contributed by atoms with Crippen LogP contribution in [-0.4, -0.2) is 84.0 Å². The molecule has 3 amide bonds. The average molecular weight is 557 g/mol. The van der Waals surface area contributed by atoms with E-state index in [0.29, 0.717) is 80.8 Å². The van der Waals surface area contributed by atoms with Crippen LogP contribution in [0.5, 0.6) is 11.5 Å². The summed E-state index contributed by atoms with van der Waals surface area (Å²) in [6.07, 6.45) is 1.76. The van der Waals surface area contributed by atoms with Gasteiger partial charge in [0.1, 0.15) is 18.3 Å². The van der Waals surface area contributed by atoms with Gasteiger partial charge in [0, 0.05) is 37.8 Å². The summed E-state index contributed by atoms with van der Waals surface area (Å²) in [7, 11) is 1.54. The van der Waals surface area contributed by atoms with Crippen LogP contribution in [0.4, 0.5) is 0 Å². The number of carbonyl (C=O) groups is 3. The molecule has 218 valence electrons. The number of nitrogens with one attached hydrogen (secondary N) is 2. The molecule has 0 unspecified atom stereocenters. The molecule has 1 atom stereocenters. The van der Waals surface area contributed by atoms with Gasteiger partial charge in [-0.25, -0.2) is 9.67 Å². The van der Waals surface area contributed by atoms with Crippen LogP contribution in [0.15, 0.2) is 18.2 Å². The fraction of sp³-hybridized carbons (Fsp3) is 0.607. The van der Waals surface area contributed by atoms with Gasteiger partial charge in [0.05, 0.1) is 26.2 Å². The number of aryl methyl sites for hydroxylation is 1. The van der Waals surface area contributed by atoms with Gasteiger partial charge in [-0.05, 0) is 50.3 Å². The van der Waals surface area contributed by atoms with Crippen molar-refractivity contribution in [1.82, 2.24) is 30.3 Å². The number of fused-ring (bicyclic) bond motifs is 3. The highest BCUT2D eigenvalue weighted by Crippen LogP contribution is 2.28. The third-order valence-corrected chi connectivity index (χ3v) is 7.16. The molecule has 2 aliphatic rings. The summed E-state index contributed by atoms with van der Waals surface area (Å²) in [5.74, 6) is 1.39. The molecule has 2 N–H and O–H groups in total. The van der Waals surface area contributed by atoms with E-state index in [-0.39, 0.29) is 42.7 Å². The summed E-state index contributed by atoms with van der Waals surface area (Å²) < 4.78 is 18.6. The van der Waals surface area contributed by atoms with E-state index in [4.69, 9.17) is 14.2 Å². The SMILES string of the molecule is COc1ccc2cc1OCCn1nc(C)nc1[C@H](C(C)C)NC(=O)CN(C(=O)C1CCOCC1)CCCNC2=O. The lowest BCUT2D eigenvalue weighted by Crippen LogP contribution is -2.46. The van der Waals surface area contributed by atoms with E-state index < -0.39 is 6.04 Å². The van der Waals surface area contributed by atoms with Crippen molar-refractivity contribution in [2.24, 2.45) is 11.8 Å². The maximum Gasteiger partial charge on any atom is 0.251 e. The molecule has 1 saturated heterocycles. The van der Waals surface area contributed by atoms with Crippen LogP contribution in [0, 0.1) is 18.8 Å². The molecule has 0 saturated carbocycles. The van der Waals surface area contributed by atoms with Crippen molar-refractivity contribution in [2.45, 2.75) is 52.6 Å². The van der Waals surface area contributed by atoms with Gasteiger partial charge in [0.15, 0.2) is 11.5 Å². The Bertz CT molecular complexity index is 1190. The van der Waals surface area contributed by atoms with E-state index in [0.717, 1.165) is 0 Å². The zero-order chi connectivity index (χ0) is 28.6. The van der Waals surface area contributed by atoms with Gasteiger partial charge in [-0.15, -0.1) is 0 Å². The highest BCUT2D eigenvalue weighted by Gasteiger charge is 2.30. The molecule has 0 aliphatic carbocycles. The van der Waals surface area contributed by atoms with E-state index in [1.54, 1.807) is 41.8 Å². The molecule has 12 heteroatoms. The lowest BCUT2D eigenvalue weighted by molar-refractivity contribution is -0.142. The van der Waals surface area contributed by atoms with Crippen molar-refractivity contribution in [3.8, 4) is 11.5 Å². The first kappa shape index (κ1) is 29.3. The molecule has 1 fully saturated rings. The first-order valence-electron chi connectivity index (χ1n) is 13.9. The van der Waals surface area contributed by atoms with Gasteiger partial charge < -0.3 is 29.7 Å². The van der Waals surface area contributed by atoms with Gasteiger partial charge >= 0.3 is 0 Å². The Balaban J connectivity index is 1.62. The number of ether oxygens (including phenoxy) is 3. The first-order valence-corrected chi connectivity index (χ1v) is 13.9. The second kappa shape index (κ2) is 13.6. The van der Waals surface area contributed by atoms with E-state index in [1.165, 1.54) is 0 Å². The van der Waals surface area contributed by atoms with Gasteiger partial charge in [-0.1, -0.05) is 13.8 Å². The van der Waals surface area contributed by atoms with Gasteiger partial charge in [0.2, 0.25) is 11.8 Å². The number of hydrogen-bond donors (Lipinski definition) is 2. The number of carbonyl (C=O) groups excluding carboxylic acids is 3. The second-order valence-electron chi connectivity index (χ2n) is 10.5. The molecule has 1 aromatic heterocycles. The zero-order valence-electron chi connectivity index (χ0n) is 23.8. The molecule has 1 aromatic carbocycles. The number of rotatable bonds is 3. The normalized spacial score (nSPS) is 20.0. The quantitative estimate of drug-likeness (QED) is 0.585. The minimum atomic E-state index is -0.412. The summed E-state index contributed by atoms with van der Waals surface area (Å²) in [5.41, 5.74) is 0.434. The molecule has 12 nitrogen and oxygen atoms in total. The summed E-state index contributed by atoms with van der Waals surface area (Å²) >= 11 is 0. The van der Waals surface area contributed by atoms with Crippen LogP contribution in [0.2, 0.25) is 0 Å². The highest BCUT2D eigenvalue weighted by molar-refractivity contribution is 5.94. The van der Waals surface area contributed by atoms with Crippen LogP contribution >= 0.6 is 0 Å². The Morgan fingerprint density at radius 2 is 1.93 bits per heavy atom. The van der Waals surface area contributed by atoms with E-state index in [9.17, 15) is 14.4 Å². The molecule has 2 aromatic rings. The van der Waals surface area contributed by atoms with Gasteiger partial charge in [0.25, 0.3) is 5.91 Å². The molecular weight excluding hydrogens is 516 g/mol. The summed E-state index contributed by atoms with van der Waals surface area (Å²) in [6.45, 7) is 8.08. The molecule has 3 heterocycles. The Morgan fingerprint density at radius 1 is 1.15 bits per heavy atom. The molecule has 4 rings (SSSR count). The summed E-state index contributed by atoms with van der Waals surface area (Å²) in [5, 5.41) is 10.5. The second-order valence-corrected chi connectivity index (χ2v) is 10.5. The van der Waals surface area contributed by atoms with Crippen LogP contribution in [0.3, 0.4) is 0 Å². The fourth-order valence-electron chi connectivity index (χ4n) is 5.00. The molecule has 40 heavy (non-hydrogen) atoms. The molecule has 0 radical (unpaired) electrons. The monoisotopic (exact) mass is 556 g/mol. The lowest BCUT2D eigenvalue weighted by atomic mass is 9.98. The number of benzene rings is 1. The largest absolute Gasteiger partial charge is 0.493 e. The molecular formula is C28H40N6O6. The Labute approximate surface area is 234 Å². The van der Waals surface area contributed by atoms with Crippen molar-refractivity contribution in [3.63, 3.8) is 0 Å². The van der Waals surface area contributed by atoms with Crippen LogP contribution in [-0.2, 0) is 20.9 Å². The highest BCUT2D eigenvalue weighted by atomic mass is 16.5. The van der Waals surface area contributed by atoms with Crippen molar-refractivity contribution >= 4 is 17.7 Å². The Kier molecular flexibility index (Phi) is 9.97. The van der Waals surface area contributed by atoms with Crippen LogP contribution in [0.25, 0.3) is 0 Å². The average Bonchev–Trinajstić information content (AvgIpc) is 3.32. The maximum absolute atomic E-state index is 13.4. The van der Waals surface area contributed by atoms with Crippen LogP contribution < -0.4 is 20.1 Å². The minimum absolute atomic E-state index is 0.0180. The Hall–Kier alpha value is -3.67. The number of aromatic nitrogens is 3. The first-order chi connectivity index (χ1) is 19.3.